The van der Waals surface area contributed by atoms with Crippen LogP contribution in [0.2, 0.25) is 0 Å². The molecule has 1 aromatic carbocycles. The van der Waals surface area contributed by atoms with Gasteiger partial charge in [0.25, 0.3) is 0 Å². The number of aromatic nitrogens is 1. The summed E-state index contributed by atoms with van der Waals surface area (Å²) in [5.74, 6) is 0.651. The maximum Gasteiger partial charge on any atom is 0.243 e. The van der Waals surface area contributed by atoms with Crippen molar-refractivity contribution in [2.24, 2.45) is 7.05 Å². The number of benzene rings is 1. The summed E-state index contributed by atoms with van der Waals surface area (Å²) in [4.78, 5) is 0.308. The van der Waals surface area contributed by atoms with Gasteiger partial charge in [-0.2, -0.15) is 4.31 Å². The van der Waals surface area contributed by atoms with E-state index in [2.05, 4.69) is 4.57 Å². The standard InChI is InChI=1S/C15H18N2O3S/c1-16-9-7-12-11-17(10-8-15(12)16)21(18,19)14-5-3-13(20-2)4-6-14/h3-7,9H,8,10-11H2,1-2H3. The molecule has 0 fully saturated rings. The van der Waals surface area contributed by atoms with Crippen molar-refractivity contribution in [1.82, 2.24) is 8.87 Å². The van der Waals surface area contributed by atoms with E-state index >= 15 is 0 Å². The molecule has 1 aliphatic rings. The van der Waals surface area contributed by atoms with Gasteiger partial charge in [0.2, 0.25) is 10.0 Å². The zero-order valence-corrected chi connectivity index (χ0v) is 12.9. The van der Waals surface area contributed by atoms with Crippen molar-refractivity contribution in [3.05, 3.63) is 47.8 Å². The molecule has 0 amide bonds. The smallest absolute Gasteiger partial charge is 0.243 e. The fourth-order valence-corrected chi connectivity index (χ4v) is 4.12. The molecule has 0 atom stereocenters. The molecular formula is C15H18N2O3S. The van der Waals surface area contributed by atoms with Crippen LogP contribution in [0.3, 0.4) is 0 Å². The van der Waals surface area contributed by atoms with Crippen molar-refractivity contribution in [2.45, 2.75) is 17.9 Å². The van der Waals surface area contributed by atoms with Gasteiger partial charge in [0.05, 0.1) is 12.0 Å². The molecule has 0 saturated carbocycles. The maximum atomic E-state index is 12.7. The highest BCUT2D eigenvalue weighted by molar-refractivity contribution is 7.89. The van der Waals surface area contributed by atoms with Crippen molar-refractivity contribution in [3.8, 4) is 5.75 Å². The lowest BCUT2D eigenvalue weighted by Crippen LogP contribution is -2.36. The zero-order valence-electron chi connectivity index (χ0n) is 12.1. The Kier molecular flexibility index (Phi) is 3.51. The van der Waals surface area contributed by atoms with Gasteiger partial charge in [-0.15, -0.1) is 0 Å². The second kappa shape index (κ2) is 5.20. The monoisotopic (exact) mass is 306 g/mol. The minimum atomic E-state index is -3.45. The van der Waals surface area contributed by atoms with E-state index in [1.807, 2.05) is 19.3 Å². The van der Waals surface area contributed by atoms with Crippen molar-refractivity contribution < 1.29 is 13.2 Å². The third-order valence-corrected chi connectivity index (χ3v) is 5.80. The van der Waals surface area contributed by atoms with Crippen molar-refractivity contribution in [1.29, 1.82) is 0 Å². The first-order valence-electron chi connectivity index (χ1n) is 6.79. The summed E-state index contributed by atoms with van der Waals surface area (Å²) in [5, 5.41) is 0. The predicted octanol–water partition coefficient (Wildman–Crippen LogP) is 1.78. The van der Waals surface area contributed by atoms with E-state index in [1.165, 1.54) is 10.00 Å². The Labute approximate surface area is 124 Å². The van der Waals surface area contributed by atoms with Gasteiger partial charge in [-0.05, 0) is 35.9 Å². The topological polar surface area (TPSA) is 51.5 Å². The van der Waals surface area contributed by atoms with Crippen LogP contribution in [0.5, 0.6) is 5.75 Å². The van der Waals surface area contributed by atoms with Crippen molar-refractivity contribution in [3.63, 3.8) is 0 Å². The number of methoxy groups -OCH3 is 1. The highest BCUT2D eigenvalue weighted by Crippen LogP contribution is 2.26. The third-order valence-electron chi connectivity index (χ3n) is 3.94. The first-order valence-corrected chi connectivity index (χ1v) is 8.23. The fourth-order valence-electron chi connectivity index (χ4n) is 2.70. The molecule has 0 aliphatic carbocycles. The van der Waals surface area contributed by atoms with Crippen LogP contribution >= 0.6 is 0 Å². The molecule has 1 aromatic heterocycles. The summed E-state index contributed by atoms with van der Waals surface area (Å²) in [6, 6.07) is 8.52. The SMILES string of the molecule is COc1ccc(S(=O)(=O)N2CCc3c(ccn3C)C2)cc1. The largest absolute Gasteiger partial charge is 0.497 e. The van der Waals surface area contributed by atoms with E-state index in [-0.39, 0.29) is 0 Å². The van der Waals surface area contributed by atoms with Gasteiger partial charge >= 0.3 is 0 Å². The number of hydrogen-bond acceptors (Lipinski definition) is 3. The van der Waals surface area contributed by atoms with Crippen LogP contribution < -0.4 is 4.74 Å². The molecule has 112 valence electrons. The highest BCUT2D eigenvalue weighted by Gasteiger charge is 2.29. The normalized spacial score (nSPS) is 15.7. The lowest BCUT2D eigenvalue weighted by Gasteiger charge is -2.27. The Hall–Kier alpha value is -1.79. The summed E-state index contributed by atoms with van der Waals surface area (Å²) >= 11 is 0. The number of rotatable bonds is 3. The van der Waals surface area contributed by atoms with Crippen LogP contribution in [0.25, 0.3) is 0 Å². The third kappa shape index (κ3) is 2.45. The Bertz CT molecular complexity index is 748. The van der Waals surface area contributed by atoms with E-state index in [1.54, 1.807) is 31.4 Å². The zero-order chi connectivity index (χ0) is 15.0. The second-order valence-electron chi connectivity index (χ2n) is 5.16. The van der Waals surface area contributed by atoms with Crippen LogP contribution in [0.15, 0.2) is 41.4 Å². The molecule has 0 unspecified atom stereocenters. The Balaban J connectivity index is 1.89. The Morgan fingerprint density at radius 2 is 1.86 bits per heavy atom. The van der Waals surface area contributed by atoms with Gasteiger partial charge in [-0.1, -0.05) is 0 Å². The van der Waals surface area contributed by atoms with Gasteiger partial charge in [-0.25, -0.2) is 8.42 Å². The molecule has 2 heterocycles. The van der Waals surface area contributed by atoms with Crippen LogP contribution in [0.1, 0.15) is 11.3 Å². The summed E-state index contributed by atoms with van der Waals surface area (Å²) in [5.41, 5.74) is 2.30. The van der Waals surface area contributed by atoms with Crippen LogP contribution in [0, 0.1) is 0 Å². The maximum absolute atomic E-state index is 12.7. The molecule has 0 saturated heterocycles. The average Bonchev–Trinajstić information content (AvgIpc) is 2.88. The molecule has 1 aliphatic heterocycles. The second-order valence-corrected chi connectivity index (χ2v) is 7.10. The number of nitrogens with zero attached hydrogens (tertiary/aromatic N) is 2. The van der Waals surface area contributed by atoms with E-state index in [9.17, 15) is 8.42 Å². The molecule has 5 nitrogen and oxygen atoms in total. The van der Waals surface area contributed by atoms with Crippen molar-refractivity contribution >= 4 is 10.0 Å². The average molecular weight is 306 g/mol. The lowest BCUT2D eigenvalue weighted by molar-refractivity contribution is 0.386. The predicted molar refractivity (Wildman–Crippen MR) is 79.7 cm³/mol. The Morgan fingerprint density at radius 3 is 2.52 bits per heavy atom. The van der Waals surface area contributed by atoms with E-state index in [0.29, 0.717) is 23.7 Å². The van der Waals surface area contributed by atoms with Gasteiger partial charge in [0.1, 0.15) is 5.75 Å². The molecule has 2 aromatic rings. The first kappa shape index (κ1) is 14.2. The summed E-state index contributed by atoms with van der Waals surface area (Å²) < 4.78 is 34.0. The van der Waals surface area contributed by atoms with Gasteiger partial charge in [-0.3, -0.25) is 0 Å². The van der Waals surface area contributed by atoms with Crippen LogP contribution in [-0.4, -0.2) is 30.9 Å². The molecule has 3 rings (SSSR count). The molecule has 21 heavy (non-hydrogen) atoms. The summed E-state index contributed by atoms with van der Waals surface area (Å²) in [6.45, 7) is 0.948. The summed E-state index contributed by atoms with van der Waals surface area (Å²) in [7, 11) is 0.101. The van der Waals surface area contributed by atoms with Gasteiger partial charge < -0.3 is 9.30 Å². The lowest BCUT2D eigenvalue weighted by atomic mass is 10.1. The quantitative estimate of drug-likeness (QED) is 0.868. The fraction of sp³-hybridized carbons (Fsp3) is 0.333. The minimum Gasteiger partial charge on any atom is -0.497 e. The molecular weight excluding hydrogens is 288 g/mol. The molecule has 0 N–H and O–H groups in total. The number of aryl methyl sites for hydroxylation is 1. The van der Waals surface area contributed by atoms with E-state index in [0.717, 1.165) is 12.0 Å². The molecule has 6 heteroatoms. The van der Waals surface area contributed by atoms with E-state index in [4.69, 9.17) is 4.74 Å². The first-order chi connectivity index (χ1) is 10.0. The summed E-state index contributed by atoms with van der Waals surface area (Å²) in [6.07, 6.45) is 2.72. The van der Waals surface area contributed by atoms with Gasteiger partial charge in [0, 0.05) is 38.4 Å². The molecule has 0 spiro atoms. The number of fused-ring (bicyclic) bond motifs is 1. The number of sulfonamides is 1. The van der Waals surface area contributed by atoms with Crippen molar-refractivity contribution in [2.75, 3.05) is 13.7 Å². The van der Waals surface area contributed by atoms with Crippen LogP contribution in [-0.2, 0) is 30.0 Å². The number of hydrogen-bond donors (Lipinski definition) is 0. The van der Waals surface area contributed by atoms with E-state index < -0.39 is 10.0 Å². The highest BCUT2D eigenvalue weighted by atomic mass is 32.2. The Morgan fingerprint density at radius 1 is 1.14 bits per heavy atom. The molecule has 0 bridgehead atoms. The molecule has 0 radical (unpaired) electrons. The van der Waals surface area contributed by atoms with Crippen LogP contribution in [0.4, 0.5) is 0 Å². The minimum absolute atomic E-state index is 0.308. The number of ether oxygens (including phenoxy) is 1. The van der Waals surface area contributed by atoms with Gasteiger partial charge in [0.15, 0.2) is 0 Å².